The molecule has 4 heterocycles. The third kappa shape index (κ3) is 6.77. The van der Waals surface area contributed by atoms with Crippen molar-refractivity contribution in [2.75, 3.05) is 58.1 Å². The minimum Gasteiger partial charge on any atom is -0.493 e. The molecule has 4 aliphatic heterocycles. The summed E-state index contributed by atoms with van der Waals surface area (Å²) in [7, 11) is -2.53. The number of halogens is 1. The molecule has 5 atom stereocenters. The molecule has 0 unspecified atom stereocenters. The zero-order chi connectivity index (χ0) is 35.3. The Bertz CT molecular complexity index is 1780. The molecule has 1 spiro atoms. The average molecular weight is 730 g/mol. The normalized spacial score (nSPS) is 30.6. The fourth-order valence-corrected chi connectivity index (χ4v) is 8.85. The van der Waals surface area contributed by atoms with E-state index in [-0.39, 0.29) is 29.4 Å². The largest absolute Gasteiger partial charge is 0.493 e. The van der Waals surface area contributed by atoms with Crippen LogP contribution in [0.25, 0.3) is 0 Å². The first-order valence-electron chi connectivity index (χ1n) is 17.2. The number of hydrogen-bond acceptors (Lipinski definition) is 10. The lowest BCUT2D eigenvalue weighted by molar-refractivity contribution is -0.139. The highest BCUT2D eigenvalue weighted by Crippen LogP contribution is 2.48. The van der Waals surface area contributed by atoms with Crippen LogP contribution < -0.4 is 19.1 Å². The Kier molecular flexibility index (Phi) is 9.46. The summed E-state index contributed by atoms with van der Waals surface area (Å²) in [5.74, 6) is 0.538. The maximum absolute atomic E-state index is 13.6. The summed E-state index contributed by atoms with van der Waals surface area (Å²) in [6, 6.07) is 10.3. The van der Waals surface area contributed by atoms with Gasteiger partial charge < -0.3 is 33.5 Å². The van der Waals surface area contributed by atoms with Crippen molar-refractivity contribution in [3.63, 3.8) is 0 Å². The van der Waals surface area contributed by atoms with Crippen molar-refractivity contribution in [1.82, 2.24) is 9.62 Å². The van der Waals surface area contributed by atoms with Gasteiger partial charge in [0.1, 0.15) is 23.2 Å². The lowest BCUT2D eigenvalue weighted by Crippen LogP contribution is -2.51. The average Bonchev–Trinajstić information content (AvgIpc) is 3.56. The molecule has 2 bridgehead atoms. The van der Waals surface area contributed by atoms with Crippen LogP contribution in [0.2, 0.25) is 5.02 Å². The van der Waals surface area contributed by atoms with Crippen molar-refractivity contribution in [1.29, 1.82) is 0 Å². The van der Waals surface area contributed by atoms with Gasteiger partial charge in [-0.1, -0.05) is 23.7 Å². The van der Waals surface area contributed by atoms with Gasteiger partial charge in [0.25, 0.3) is 15.9 Å². The molecule has 2 aromatic rings. The summed E-state index contributed by atoms with van der Waals surface area (Å²) in [6.07, 6.45) is 5.76. The molecule has 1 saturated carbocycles. The van der Waals surface area contributed by atoms with Crippen LogP contribution in [0.4, 0.5) is 10.5 Å². The number of hydrogen-bond donors (Lipinski definition) is 1. The molecule has 2 aromatic carbocycles. The number of benzene rings is 2. The minimum atomic E-state index is -4.26. The van der Waals surface area contributed by atoms with Gasteiger partial charge in [-0.2, -0.15) is 0 Å². The molecule has 2 fully saturated rings. The number of anilines is 1. The second-order valence-electron chi connectivity index (χ2n) is 14.5. The van der Waals surface area contributed by atoms with Gasteiger partial charge in [0.15, 0.2) is 0 Å². The molecular weight excluding hydrogens is 686 g/mol. The number of ether oxygens (including phenoxy) is 5. The fraction of sp³-hybridized carbons (Fsp3) is 0.556. The Hall–Kier alpha value is -3.52. The van der Waals surface area contributed by atoms with Gasteiger partial charge in [-0.15, -0.1) is 0 Å². The Balaban J connectivity index is 1.27. The molecule has 1 saturated heterocycles. The molecule has 1 aliphatic carbocycles. The standard InChI is InChI=1S/C36H44ClN3O9S/c1-35(2)33(41)38-50(43,44)26-8-11-31-29(18-26)40(21-36(22-47-31)13-16-46-32-17-24(37)7-10-28(32)36)19-23-6-9-27(23)30(5-4-14-48-35)49-34(42)39(3)25-12-15-45-20-25/h4-5,7-8,10-11,17-18,23,25,27,30H,6,9,12-16,19-22H2,1-3H3,(H,38,41)/b5-4-/t23-,25+,27+,30-,36-/m0/s1. The molecule has 2 amide bonds. The van der Waals surface area contributed by atoms with Gasteiger partial charge in [-0.05, 0) is 81.9 Å². The van der Waals surface area contributed by atoms with Crippen molar-refractivity contribution in [3.8, 4) is 11.5 Å². The van der Waals surface area contributed by atoms with E-state index in [0.717, 1.165) is 24.8 Å². The van der Waals surface area contributed by atoms with Crippen LogP contribution >= 0.6 is 11.6 Å². The maximum atomic E-state index is 13.6. The summed E-state index contributed by atoms with van der Waals surface area (Å²) < 4.78 is 59.6. The highest BCUT2D eigenvalue weighted by Gasteiger charge is 2.46. The van der Waals surface area contributed by atoms with E-state index in [9.17, 15) is 18.0 Å². The quantitative estimate of drug-likeness (QED) is 0.435. The molecule has 7 rings (SSSR count). The molecule has 14 heteroatoms. The number of fused-ring (bicyclic) bond motifs is 4. The fourth-order valence-electron chi connectivity index (χ4n) is 7.57. The van der Waals surface area contributed by atoms with Crippen LogP contribution in [0.1, 0.15) is 45.1 Å². The van der Waals surface area contributed by atoms with Crippen LogP contribution in [0.15, 0.2) is 53.4 Å². The van der Waals surface area contributed by atoms with Crippen molar-refractivity contribution < 1.29 is 41.7 Å². The Morgan fingerprint density at radius 1 is 1.08 bits per heavy atom. The van der Waals surface area contributed by atoms with E-state index in [1.807, 2.05) is 24.3 Å². The van der Waals surface area contributed by atoms with Gasteiger partial charge in [0, 0.05) is 43.2 Å². The third-order valence-corrected chi connectivity index (χ3v) is 12.5. The summed E-state index contributed by atoms with van der Waals surface area (Å²) in [5, 5.41) is 0.575. The first kappa shape index (κ1) is 34.9. The summed E-state index contributed by atoms with van der Waals surface area (Å²) in [4.78, 5) is 30.5. The predicted molar refractivity (Wildman–Crippen MR) is 185 cm³/mol. The number of sulfonamides is 1. The van der Waals surface area contributed by atoms with Crippen LogP contribution in [0.5, 0.6) is 11.5 Å². The van der Waals surface area contributed by atoms with E-state index in [2.05, 4.69) is 9.62 Å². The molecule has 270 valence electrons. The third-order valence-electron chi connectivity index (χ3n) is 10.9. The monoisotopic (exact) mass is 729 g/mol. The molecule has 50 heavy (non-hydrogen) atoms. The zero-order valence-corrected chi connectivity index (χ0v) is 30.1. The molecule has 0 aromatic heterocycles. The lowest BCUT2D eigenvalue weighted by atomic mass is 9.69. The summed E-state index contributed by atoms with van der Waals surface area (Å²) >= 11 is 6.36. The second-order valence-corrected chi connectivity index (χ2v) is 16.6. The van der Waals surface area contributed by atoms with Gasteiger partial charge in [-0.3, -0.25) is 4.79 Å². The van der Waals surface area contributed by atoms with E-state index < -0.39 is 39.1 Å². The van der Waals surface area contributed by atoms with E-state index >= 15 is 0 Å². The van der Waals surface area contributed by atoms with E-state index in [1.165, 1.54) is 19.9 Å². The molecule has 12 nitrogen and oxygen atoms in total. The molecule has 0 radical (unpaired) electrons. The first-order chi connectivity index (χ1) is 23.8. The highest BCUT2D eigenvalue weighted by atomic mass is 35.5. The van der Waals surface area contributed by atoms with Crippen LogP contribution in [-0.2, 0) is 34.4 Å². The molecular formula is C36H44ClN3O9S. The Labute approximate surface area is 298 Å². The minimum absolute atomic E-state index is 0.00847. The number of nitrogens with zero attached hydrogens (tertiary/aromatic N) is 2. The van der Waals surface area contributed by atoms with Crippen molar-refractivity contribution >= 4 is 39.3 Å². The maximum Gasteiger partial charge on any atom is 0.410 e. The summed E-state index contributed by atoms with van der Waals surface area (Å²) in [6.45, 7) is 5.99. The Morgan fingerprint density at radius 3 is 2.68 bits per heavy atom. The number of rotatable bonds is 2. The number of carbonyl (C=O) groups excluding carboxylic acids is 2. The number of nitrogens with one attached hydrogen (secondary N) is 1. The number of carbonyl (C=O) groups is 2. The van der Waals surface area contributed by atoms with Gasteiger partial charge >= 0.3 is 6.09 Å². The number of likely N-dealkylation sites (N-methyl/N-ethyl adjacent to an activating group) is 1. The van der Waals surface area contributed by atoms with Crippen LogP contribution in [-0.4, -0.2) is 96.2 Å². The number of amides is 2. The van der Waals surface area contributed by atoms with Gasteiger partial charge in [0.2, 0.25) is 0 Å². The first-order valence-corrected chi connectivity index (χ1v) is 19.1. The SMILES string of the molecule is CN(C(=O)O[C@H]1/C=C\COC(C)(C)C(=O)NS(=O)(=O)c2ccc3c(c2)N(C[C@@H]2CC[C@H]21)C[C@@]1(CCOc2cc(Cl)ccc21)CO3)[C@@H]1CCOC1. The van der Waals surface area contributed by atoms with Gasteiger partial charge in [-0.25, -0.2) is 17.9 Å². The molecule has 5 aliphatic rings. The summed E-state index contributed by atoms with van der Waals surface area (Å²) in [5.41, 5.74) is -0.370. The van der Waals surface area contributed by atoms with Crippen LogP contribution in [0, 0.1) is 11.8 Å². The lowest BCUT2D eigenvalue weighted by Gasteiger charge is -2.46. The smallest absolute Gasteiger partial charge is 0.410 e. The van der Waals surface area contributed by atoms with Crippen molar-refractivity contribution in [2.45, 2.75) is 67.6 Å². The predicted octanol–water partition coefficient (Wildman–Crippen LogP) is 4.68. The van der Waals surface area contributed by atoms with Crippen molar-refractivity contribution in [3.05, 3.63) is 59.1 Å². The highest BCUT2D eigenvalue weighted by molar-refractivity contribution is 7.90. The molecule has 1 N–H and O–H groups in total. The Morgan fingerprint density at radius 2 is 1.92 bits per heavy atom. The zero-order valence-electron chi connectivity index (χ0n) is 28.6. The van der Waals surface area contributed by atoms with E-state index in [4.69, 9.17) is 35.3 Å². The van der Waals surface area contributed by atoms with E-state index in [1.54, 1.807) is 30.2 Å². The van der Waals surface area contributed by atoms with Crippen LogP contribution in [0.3, 0.4) is 0 Å². The van der Waals surface area contributed by atoms with Gasteiger partial charge in [0.05, 0.1) is 48.5 Å². The second kappa shape index (κ2) is 13.6. The van der Waals surface area contributed by atoms with E-state index in [0.29, 0.717) is 68.1 Å². The topological polar surface area (TPSA) is 133 Å². The van der Waals surface area contributed by atoms with Crippen molar-refractivity contribution in [2.24, 2.45) is 11.8 Å².